The van der Waals surface area contributed by atoms with Crippen molar-refractivity contribution in [3.05, 3.63) is 24.3 Å². The van der Waals surface area contributed by atoms with Crippen molar-refractivity contribution in [2.24, 2.45) is 0 Å². The molecule has 1 aromatic rings. The van der Waals surface area contributed by atoms with E-state index in [-0.39, 0.29) is 43.3 Å². The average molecular weight is 358 g/mol. The summed E-state index contributed by atoms with van der Waals surface area (Å²) < 4.78 is 5.57. The van der Waals surface area contributed by atoms with E-state index < -0.39 is 0 Å². The first kappa shape index (κ1) is 18.4. The molecule has 0 radical (unpaired) electrons. The summed E-state index contributed by atoms with van der Waals surface area (Å²) in [5.74, 6) is -0.783. The predicted octanol–water partition coefficient (Wildman–Crippen LogP) is 3.41. The Bertz CT molecular complexity index is 666. The fraction of sp³-hybridized carbons (Fsp3) is 0.550. The van der Waals surface area contributed by atoms with Crippen LogP contribution < -0.4 is 10.2 Å². The third kappa shape index (κ3) is 4.84. The number of hydrogen-bond donors (Lipinski definition) is 1. The lowest BCUT2D eigenvalue weighted by molar-refractivity contribution is -0.150. The number of fused-ring (bicyclic) bond motifs is 1. The van der Waals surface area contributed by atoms with E-state index in [0.29, 0.717) is 11.4 Å². The minimum absolute atomic E-state index is 0.0145. The van der Waals surface area contributed by atoms with Crippen LogP contribution in [0.4, 0.5) is 11.4 Å². The molecule has 3 rings (SSSR count). The highest BCUT2D eigenvalue weighted by molar-refractivity contribution is 6.10. The standard InChI is InChI=1S/C20H26N2O4/c23-18-14-22(17-11-7-6-10-16(17)21-18)19(24)12-13-20(25)26-15-8-4-2-1-3-5-9-15/h6-7,10-11,15H,1-5,8-9,12-14H2,(H,21,23). The Morgan fingerprint density at radius 3 is 2.50 bits per heavy atom. The van der Waals surface area contributed by atoms with E-state index >= 15 is 0 Å². The largest absolute Gasteiger partial charge is 0.462 e. The Balaban J connectivity index is 1.52. The third-order valence-electron chi connectivity index (χ3n) is 4.97. The van der Waals surface area contributed by atoms with E-state index in [9.17, 15) is 14.4 Å². The number of carbonyl (C=O) groups is 3. The summed E-state index contributed by atoms with van der Waals surface area (Å²) in [5.41, 5.74) is 1.29. The number of ether oxygens (including phenoxy) is 1. The second-order valence-electron chi connectivity index (χ2n) is 7.00. The maximum Gasteiger partial charge on any atom is 0.306 e. The molecule has 1 fully saturated rings. The second-order valence-corrected chi connectivity index (χ2v) is 7.00. The highest BCUT2D eigenvalue weighted by Gasteiger charge is 2.27. The number of esters is 1. The highest BCUT2D eigenvalue weighted by atomic mass is 16.5. The molecule has 1 aromatic carbocycles. The summed E-state index contributed by atoms with van der Waals surface area (Å²) in [4.78, 5) is 37.9. The van der Waals surface area contributed by atoms with Crippen LogP contribution in [0, 0.1) is 0 Å². The lowest BCUT2D eigenvalue weighted by atomic mass is 9.98. The van der Waals surface area contributed by atoms with Crippen LogP contribution in [0.25, 0.3) is 0 Å². The van der Waals surface area contributed by atoms with E-state index in [0.717, 1.165) is 25.7 Å². The van der Waals surface area contributed by atoms with E-state index in [1.807, 2.05) is 6.07 Å². The van der Waals surface area contributed by atoms with Gasteiger partial charge >= 0.3 is 5.97 Å². The van der Waals surface area contributed by atoms with Crippen LogP contribution in [0.2, 0.25) is 0 Å². The van der Waals surface area contributed by atoms with Gasteiger partial charge in [0.15, 0.2) is 0 Å². The molecule has 0 unspecified atom stereocenters. The molecule has 0 saturated heterocycles. The van der Waals surface area contributed by atoms with Crippen molar-refractivity contribution >= 4 is 29.2 Å². The molecule has 140 valence electrons. The quantitative estimate of drug-likeness (QED) is 0.837. The fourth-order valence-corrected chi connectivity index (χ4v) is 3.58. The van der Waals surface area contributed by atoms with Crippen molar-refractivity contribution in [2.75, 3.05) is 16.8 Å². The number of carbonyl (C=O) groups excluding carboxylic acids is 3. The zero-order valence-electron chi connectivity index (χ0n) is 15.0. The van der Waals surface area contributed by atoms with Gasteiger partial charge in [-0.25, -0.2) is 0 Å². The summed E-state index contributed by atoms with van der Waals surface area (Å²) in [5, 5.41) is 2.75. The highest BCUT2D eigenvalue weighted by Crippen LogP contribution is 2.29. The van der Waals surface area contributed by atoms with Crippen LogP contribution in [0.15, 0.2) is 24.3 Å². The van der Waals surface area contributed by atoms with Crippen LogP contribution in [0.3, 0.4) is 0 Å². The number of rotatable bonds is 4. The van der Waals surface area contributed by atoms with Gasteiger partial charge in [0.25, 0.3) is 0 Å². The van der Waals surface area contributed by atoms with Crippen LogP contribution in [0.5, 0.6) is 0 Å². The Morgan fingerprint density at radius 2 is 1.73 bits per heavy atom. The van der Waals surface area contributed by atoms with Crippen molar-refractivity contribution in [3.8, 4) is 0 Å². The van der Waals surface area contributed by atoms with E-state index in [2.05, 4.69) is 5.32 Å². The number of amides is 2. The predicted molar refractivity (Wildman–Crippen MR) is 98.9 cm³/mol. The first-order valence-electron chi connectivity index (χ1n) is 9.52. The van der Waals surface area contributed by atoms with Crippen molar-refractivity contribution in [1.29, 1.82) is 0 Å². The van der Waals surface area contributed by atoms with Crippen molar-refractivity contribution in [2.45, 2.75) is 63.9 Å². The Labute approximate surface area is 153 Å². The number of anilines is 2. The van der Waals surface area contributed by atoms with Crippen LogP contribution in [-0.4, -0.2) is 30.4 Å². The molecule has 6 heteroatoms. The summed E-state index contributed by atoms with van der Waals surface area (Å²) in [6.45, 7) is -0.0203. The molecule has 1 aliphatic carbocycles. The van der Waals surface area contributed by atoms with E-state index in [1.165, 1.54) is 24.2 Å². The molecule has 1 aliphatic heterocycles. The monoisotopic (exact) mass is 358 g/mol. The van der Waals surface area contributed by atoms with Crippen molar-refractivity contribution < 1.29 is 19.1 Å². The van der Waals surface area contributed by atoms with Crippen LogP contribution in [-0.2, 0) is 19.1 Å². The zero-order chi connectivity index (χ0) is 18.4. The summed E-state index contributed by atoms with van der Waals surface area (Å²) in [7, 11) is 0. The molecule has 0 spiro atoms. The minimum atomic E-state index is -0.321. The second kappa shape index (κ2) is 8.83. The van der Waals surface area contributed by atoms with E-state index in [1.54, 1.807) is 18.2 Å². The minimum Gasteiger partial charge on any atom is -0.462 e. The normalized spacial score (nSPS) is 18.3. The van der Waals surface area contributed by atoms with Gasteiger partial charge in [-0.15, -0.1) is 0 Å². The number of benzene rings is 1. The van der Waals surface area contributed by atoms with Gasteiger partial charge in [-0.2, -0.15) is 0 Å². The van der Waals surface area contributed by atoms with Crippen LogP contribution in [0.1, 0.15) is 57.8 Å². The fourth-order valence-electron chi connectivity index (χ4n) is 3.58. The molecule has 0 aromatic heterocycles. The summed E-state index contributed by atoms with van der Waals surface area (Å²) in [6.07, 6.45) is 7.76. The molecule has 2 amide bonds. The number of hydrogen-bond acceptors (Lipinski definition) is 4. The van der Waals surface area contributed by atoms with Gasteiger partial charge < -0.3 is 15.0 Å². The molecule has 1 heterocycles. The van der Waals surface area contributed by atoms with Gasteiger partial charge in [-0.3, -0.25) is 14.4 Å². The van der Waals surface area contributed by atoms with Gasteiger partial charge in [0.05, 0.1) is 17.8 Å². The van der Waals surface area contributed by atoms with Gasteiger partial charge in [-0.1, -0.05) is 31.4 Å². The van der Waals surface area contributed by atoms with Crippen molar-refractivity contribution in [1.82, 2.24) is 0 Å². The Hall–Kier alpha value is -2.37. The molecule has 6 nitrogen and oxygen atoms in total. The number of para-hydroxylation sites is 2. The lowest BCUT2D eigenvalue weighted by Gasteiger charge is -2.29. The Morgan fingerprint density at radius 1 is 1.04 bits per heavy atom. The first-order valence-corrected chi connectivity index (χ1v) is 9.52. The number of nitrogens with one attached hydrogen (secondary N) is 1. The molecule has 1 N–H and O–H groups in total. The smallest absolute Gasteiger partial charge is 0.306 e. The molecule has 26 heavy (non-hydrogen) atoms. The zero-order valence-corrected chi connectivity index (χ0v) is 15.0. The van der Waals surface area contributed by atoms with Gasteiger partial charge in [-0.05, 0) is 37.8 Å². The maximum atomic E-state index is 12.5. The molecular weight excluding hydrogens is 332 g/mol. The summed E-state index contributed by atoms with van der Waals surface area (Å²) in [6, 6.07) is 7.17. The molecule has 0 atom stereocenters. The Kier molecular flexibility index (Phi) is 6.26. The third-order valence-corrected chi connectivity index (χ3v) is 4.97. The topological polar surface area (TPSA) is 75.7 Å². The van der Waals surface area contributed by atoms with Gasteiger partial charge in [0.1, 0.15) is 12.6 Å². The molecule has 2 aliphatic rings. The number of nitrogens with zero attached hydrogens (tertiary/aromatic N) is 1. The SMILES string of the molecule is O=C1CN(C(=O)CCC(=O)OC2CCCCCCC2)c2ccccc2N1. The van der Waals surface area contributed by atoms with Crippen molar-refractivity contribution in [3.63, 3.8) is 0 Å². The maximum absolute atomic E-state index is 12.5. The molecule has 0 bridgehead atoms. The van der Waals surface area contributed by atoms with Gasteiger partial charge in [0, 0.05) is 6.42 Å². The first-order chi connectivity index (χ1) is 12.6. The lowest BCUT2D eigenvalue weighted by Crippen LogP contribution is -2.42. The van der Waals surface area contributed by atoms with E-state index in [4.69, 9.17) is 4.74 Å². The average Bonchev–Trinajstić information content (AvgIpc) is 2.61. The molecular formula is C20H26N2O4. The van der Waals surface area contributed by atoms with Gasteiger partial charge in [0.2, 0.25) is 11.8 Å². The van der Waals surface area contributed by atoms with Crippen LogP contribution >= 0.6 is 0 Å². The summed E-state index contributed by atoms with van der Waals surface area (Å²) >= 11 is 0. The molecule has 1 saturated carbocycles.